The van der Waals surface area contributed by atoms with Crippen molar-refractivity contribution < 1.29 is 9.84 Å². The molecule has 0 bridgehead atoms. The van der Waals surface area contributed by atoms with Crippen LogP contribution in [0, 0.1) is 11.3 Å². The van der Waals surface area contributed by atoms with Gasteiger partial charge in [-0.2, -0.15) is 5.26 Å². The van der Waals surface area contributed by atoms with Crippen LogP contribution in [0.2, 0.25) is 0 Å². The van der Waals surface area contributed by atoms with Crippen LogP contribution in [0.4, 0.5) is 0 Å². The number of phenolic OH excluding ortho intramolecular Hbond substituents is 1. The quantitative estimate of drug-likeness (QED) is 0.766. The number of rotatable bonds is 2. The van der Waals surface area contributed by atoms with Crippen molar-refractivity contribution in [2.45, 2.75) is 0 Å². The summed E-state index contributed by atoms with van der Waals surface area (Å²) in [4.78, 5) is 0. The van der Waals surface area contributed by atoms with Gasteiger partial charge in [-0.05, 0) is 30.3 Å². The van der Waals surface area contributed by atoms with Crippen LogP contribution < -0.4 is 4.74 Å². The number of phenols is 1. The van der Waals surface area contributed by atoms with Gasteiger partial charge < -0.3 is 9.84 Å². The fourth-order valence-corrected chi connectivity index (χ4v) is 1.96. The minimum atomic E-state index is 0.0717. The van der Waals surface area contributed by atoms with Gasteiger partial charge >= 0.3 is 0 Å². The molecule has 20 heavy (non-hydrogen) atoms. The number of fused-ring (bicyclic) bond motifs is 1. The van der Waals surface area contributed by atoms with E-state index in [-0.39, 0.29) is 5.75 Å². The number of nitrogens with zero attached hydrogens (tertiary/aromatic N) is 4. The highest BCUT2D eigenvalue weighted by Crippen LogP contribution is 2.31. The lowest BCUT2D eigenvalue weighted by Gasteiger charge is -2.06. The van der Waals surface area contributed by atoms with Gasteiger partial charge in [-0.25, -0.2) is 0 Å². The maximum Gasteiger partial charge on any atom is 0.172 e. The first-order valence-corrected chi connectivity index (χ1v) is 5.85. The SMILES string of the molecule is COc1ccc(O)c(-c2nnc3ccc(C#N)cn23)c1. The van der Waals surface area contributed by atoms with E-state index >= 15 is 0 Å². The Bertz CT molecular complexity index is 833. The van der Waals surface area contributed by atoms with E-state index in [0.717, 1.165) is 0 Å². The summed E-state index contributed by atoms with van der Waals surface area (Å²) in [6.45, 7) is 0. The summed E-state index contributed by atoms with van der Waals surface area (Å²) in [6.07, 6.45) is 1.63. The van der Waals surface area contributed by atoms with Gasteiger partial charge in [0, 0.05) is 6.20 Å². The summed E-state index contributed by atoms with van der Waals surface area (Å²) in [6, 6.07) is 10.3. The zero-order chi connectivity index (χ0) is 14.1. The standard InChI is InChI=1S/C14H10N4O2/c1-20-10-3-4-12(19)11(6-10)14-17-16-13-5-2-9(7-15)8-18(13)14/h2-6,8,19H,1H3. The first-order chi connectivity index (χ1) is 9.72. The van der Waals surface area contributed by atoms with Gasteiger partial charge in [-0.3, -0.25) is 4.40 Å². The van der Waals surface area contributed by atoms with Crippen LogP contribution in [0.15, 0.2) is 36.5 Å². The van der Waals surface area contributed by atoms with Crippen molar-refractivity contribution in [1.82, 2.24) is 14.6 Å². The molecule has 0 aliphatic rings. The maximum atomic E-state index is 9.99. The average molecular weight is 266 g/mol. The molecule has 0 atom stereocenters. The van der Waals surface area contributed by atoms with E-state index in [1.807, 2.05) is 0 Å². The smallest absolute Gasteiger partial charge is 0.172 e. The Balaban J connectivity index is 2.27. The van der Waals surface area contributed by atoms with Gasteiger partial charge in [0.05, 0.1) is 18.2 Å². The molecular weight excluding hydrogens is 256 g/mol. The Morgan fingerprint density at radius 1 is 1.25 bits per heavy atom. The summed E-state index contributed by atoms with van der Waals surface area (Å²) in [7, 11) is 1.55. The summed E-state index contributed by atoms with van der Waals surface area (Å²) >= 11 is 0. The van der Waals surface area contributed by atoms with E-state index in [1.165, 1.54) is 6.07 Å². The minimum absolute atomic E-state index is 0.0717. The number of aromatic nitrogens is 3. The Kier molecular flexibility index (Phi) is 2.73. The minimum Gasteiger partial charge on any atom is -0.507 e. The molecule has 0 fully saturated rings. The molecule has 0 saturated heterocycles. The second kappa shape index (κ2) is 4.55. The molecule has 3 rings (SSSR count). The Labute approximate surface area is 114 Å². The van der Waals surface area contributed by atoms with E-state index in [2.05, 4.69) is 16.3 Å². The lowest BCUT2D eigenvalue weighted by atomic mass is 10.1. The van der Waals surface area contributed by atoms with Crippen molar-refractivity contribution in [1.29, 1.82) is 5.26 Å². The highest BCUT2D eigenvalue weighted by Gasteiger charge is 2.13. The number of methoxy groups -OCH3 is 1. The lowest BCUT2D eigenvalue weighted by Crippen LogP contribution is -1.92. The topological polar surface area (TPSA) is 83.4 Å². The number of hydrogen-bond donors (Lipinski definition) is 1. The monoisotopic (exact) mass is 266 g/mol. The van der Waals surface area contributed by atoms with E-state index in [4.69, 9.17) is 10.00 Å². The molecular formula is C14H10N4O2. The number of nitriles is 1. The summed E-state index contributed by atoms with van der Waals surface area (Å²) < 4.78 is 6.80. The third kappa shape index (κ3) is 1.82. The molecule has 6 nitrogen and oxygen atoms in total. The van der Waals surface area contributed by atoms with Gasteiger partial charge in [0.1, 0.15) is 17.6 Å². The number of pyridine rings is 1. The molecule has 0 spiro atoms. The van der Waals surface area contributed by atoms with Gasteiger partial charge in [-0.15, -0.1) is 10.2 Å². The van der Waals surface area contributed by atoms with E-state index < -0.39 is 0 Å². The zero-order valence-corrected chi connectivity index (χ0v) is 10.6. The first-order valence-electron chi connectivity index (χ1n) is 5.85. The molecule has 0 amide bonds. The van der Waals surface area contributed by atoms with E-state index in [9.17, 15) is 5.11 Å². The van der Waals surface area contributed by atoms with Crippen LogP contribution in [0.1, 0.15) is 5.56 Å². The van der Waals surface area contributed by atoms with Crippen molar-refractivity contribution in [3.63, 3.8) is 0 Å². The van der Waals surface area contributed by atoms with Gasteiger partial charge in [0.25, 0.3) is 0 Å². The number of ether oxygens (including phenoxy) is 1. The van der Waals surface area contributed by atoms with Crippen LogP contribution in [-0.4, -0.2) is 26.8 Å². The van der Waals surface area contributed by atoms with Crippen molar-refractivity contribution in [3.05, 3.63) is 42.1 Å². The molecule has 98 valence electrons. The first kappa shape index (κ1) is 12.0. The van der Waals surface area contributed by atoms with Gasteiger partial charge in [0.2, 0.25) is 0 Å². The molecule has 2 heterocycles. The molecule has 0 saturated carbocycles. The maximum absolute atomic E-state index is 9.99. The third-order valence-corrected chi connectivity index (χ3v) is 2.98. The fraction of sp³-hybridized carbons (Fsp3) is 0.0714. The van der Waals surface area contributed by atoms with Gasteiger partial charge in [-0.1, -0.05) is 0 Å². The zero-order valence-electron chi connectivity index (χ0n) is 10.6. The van der Waals surface area contributed by atoms with Crippen molar-refractivity contribution in [2.75, 3.05) is 7.11 Å². The molecule has 1 aromatic carbocycles. The van der Waals surface area contributed by atoms with Crippen LogP contribution in [0.25, 0.3) is 17.0 Å². The van der Waals surface area contributed by atoms with Crippen LogP contribution in [0.3, 0.4) is 0 Å². The highest BCUT2D eigenvalue weighted by atomic mass is 16.5. The van der Waals surface area contributed by atoms with Crippen LogP contribution in [-0.2, 0) is 0 Å². The lowest BCUT2D eigenvalue weighted by molar-refractivity contribution is 0.412. The largest absolute Gasteiger partial charge is 0.507 e. The molecule has 2 aromatic heterocycles. The summed E-state index contributed by atoms with van der Waals surface area (Å²) in [5, 5.41) is 27.0. The average Bonchev–Trinajstić information content (AvgIpc) is 2.90. The van der Waals surface area contributed by atoms with Crippen LogP contribution >= 0.6 is 0 Å². The molecule has 0 unspecified atom stereocenters. The number of hydrogen-bond acceptors (Lipinski definition) is 5. The van der Waals surface area contributed by atoms with Crippen molar-refractivity contribution in [2.24, 2.45) is 0 Å². The predicted octanol–water partition coefficient (Wildman–Crippen LogP) is 1.98. The molecule has 1 N–H and O–H groups in total. The van der Waals surface area contributed by atoms with E-state index in [1.54, 1.807) is 42.0 Å². The highest BCUT2D eigenvalue weighted by molar-refractivity contribution is 5.68. The Hall–Kier alpha value is -3.07. The van der Waals surface area contributed by atoms with Crippen molar-refractivity contribution >= 4 is 5.65 Å². The van der Waals surface area contributed by atoms with Gasteiger partial charge in [0.15, 0.2) is 11.5 Å². The second-order valence-corrected chi connectivity index (χ2v) is 4.16. The third-order valence-electron chi connectivity index (χ3n) is 2.98. The summed E-state index contributed by atoms with van der Waals surface area (Å²) in [5.41, 5.74) is 1.58. The molecule has 0 radical (unpaired) electrons. The summed E-state index contributed by atoms with van der Waals surface area (Å²) in [5.74, 6) is 1.13. The Morgan fingerprint density at radius 3 is 2.85 bits per heavy atom. The van der Waals surface area contributed by atoms with E-state index in [0.29, 0.717) is 28.3 Å². The number of aromatic hydroxyl groups is 1. The Morgan fingerprint density at radius 2 is 2.10 bits per heavy atom. The second-order valence-electron chi connectivity index (χ2n) is 4.16. The fourth-order valence-electron chi connectivity index (χ4n) is 1.96. The molecule has 0 aliphatic carbocycles. The van der Waals surface area contributed by atoms with Crippen molar-refractivity contribution in [3.8, 4) is 29.0 Å². The predicted molar refractivity (Wildman–Crippen MR) is 71.4 cm³/mol. The molecule has 3 aromatic rings. The van der Waals surface area contributed by atoms with Crippen LogP contribution in [0.5, 0.6) is 11.5 Å². The number of benzene rings is 1. The molecule has 0 aliphatic heterocycles. The molecule has 6 heteroatoms. The normalized spacial score (nSPS) is 10.4.